The lowest BCUT2D eigenvalue weighted by atomic mass is 10.4. The number of ether oxygens (including phenoxy) is 1. The van der Waals surface area contributed by atoms with Gasteiger partial charge in [0.15, 0.2) is 0 Å². The monoisotopic (exact) mass is 266 g/mol. The average Bonchev–Trinajstić information content (AvgIpc) is 2.35. The quantitative estimate of drug-likeness (QED) is 0.346. The highest BCUT2D eigenvalue weighted by atomic mass is 28.4. The Hall–Kier alpha value is -1.43. The minimum Gasteiger partial charge on any atom is -0.462 e. The molecule has 18 heavy (non-hydrogen) atoms. The van der Waals surface area contributed by atoms with Gasteiger partial charge in [-0.1, -0.05) is 36.9 Å². The van der Waals surface area contributed by atoms with E-state index in [-0.39, 0.29) is 12.7 Å². The van der Waals surface area contributed by atoms with E-state index in [1.807, 2.05) is 6.07 Å². The predicted molar refractivity (Wildman–Crippen MR) is 71.5 cm³/mol. The molecule has 0 aliphatic rings. The van der Waals surface area contributed by atoms with Crippen LogP contribution < -0.4 is 5.19 Å². The van der Waals surface area contributed by atoms with Crippen molar-refractivity contribution in [1.29, 1.82) is 0 Å². The van der Waals surface area contributed by atoms with Gasteiger partial charge in [0.25, 0.3) is 0 Å². The third-order valence-corrected chi connectivity index (χ3v) is 4.80. The summed E-state index contributed by atoms with van der Waals surface area (Å²) in [6.07, 6.45) is 0.424. The Morgan fingerprint density at radius 3 is 2.50 bits per heavy atom. The maximum atomic E-state index is 11.1. The topological polar surface area (TPSA) is 66.8 Å². The summed E-state index contributed by atoms with van der Waals surface area (Å²) in [7, 11) is -3.39. The highest BCUT2D eigenvalue weighted by Gasteiger charge is 2.31. The van der Waals surface area contributed by atoms with Crippen molar-refractivity contribution in [3.63, 3.8) is 0 Å². The predicted octanol–water partition coefficient (Wildman–Crippen LogP) is 0.830. The zero-order valence-corrected chi connectivity index (χ0v) is 11.4. The molecule has 0 aliphatic heterocycles. The molecule has 0 amide bonds. The van der Waals surface area contributed by atoms with Crippen LogP contribution in [-0.4, -0.2) is 30.7 Å². The van der Waals surface area contributed by atoms with E-state index in [2.05, 4.69) is 6.58 Å². The largest absolute Gasteiger partial charge is 0.462 e. The van der Waals surface area contributed by atoms with Gasteiger partial charge in [-0.2, -0.15) is 0 Å². The van der Waals surface area contributed by atoms with Gasteiger partial charge in [0, 0.05) is 5.57 Å². The smallest absolute Gasteiger partial charge is 0.367 e. The Balaban J connectivity index is 2.39. The number of carbonyl (C=O) groups is 1. The van der Waals surface area contributed by atoms with Crippen molar-refractivity contribution >= 4 is 19.7 Å². The molecule has 0 saturated carbocycles. The first-order valence-corrected chi connectivity index (χ1v) is 7.86. The second-order valence-corrected chi connectivity index (χ2v) is 6.91. The van der Waals surface area contributed by atoms with E-state index in [9.17, 15) is 14.4 Å². The van der Waals surface area contributed by atoms with Crippen LogP contribution in [-0.2, 0) is 9.53 Å². The first-order chi connectivity index (χ1) is 8.43. The number of carbonyl (C=O) groups excluding carboxylic acids is 1. The van der Waals surface area contributed by atoms with Gasteiger partial charge in [-0.3, -0.25) is 0 Å². The number of hydrogen-bond acceptors (Lipinski definition) is 4. The summed E-state index contributed by atoms with van der Waals surface area (Å²) >= 11 is 0. The Bertz CT molecular complexity index is 414. The van der Waals surface area contributed by atoms with Crippen molar-refractivity contribution in [3.8, 4) is 0 Å². The fraction of sp³-hybridized carbons (Fsp3) is 0.308. The van der Waals surface area contributed by atoms with Crippen molar-refractivity contribution in [1.82, 2.24) is 0 Å². The Morgan fingerprint density at radius 2 is 1.94 bits per heavy atom. The van der Waals surface area contributed by atoms with Crippen molar-refractivity contribution in [3.05, 3.63) is 42.5 Å². The van der Waals surface area contributed by atoms with Crippen LogP contribution in [0.5, 0.6) is 0 Å². The van der Waals surface area contributed by atoms with Crippen molar-refractivity contribution < 1.29 is 19.1 Å². The van der Waals surface area contributed by atoms with E-state index in [0.29, 0.717) is 17.2 Å². The van der Waals surface area contributed by atoms with Gasteiger partial charge in [0.2, 0.25) is 0 Å². The minimum absolute atomic E-state index is 0.175. The molecule has 0 bridgehead atoms. The molecule has 1 aromatic carbocycles. The second-order valence-electron chi connectivity index (χ2n) is 4.20. The molecule has 2 N–H and O–H groups in total. The van der Waals surface area contributed by atoms with Crippen LogP contribution in [0.3, 0.4) is 0 Å². The summed E-state index contributed by atoms with van der Waals surface area (Å²) < 4.78 is 4.90. The zero-order chi connectivity index (χ0) is 13.6. The molecule has 0 atom stereocenters. The molecule has 98 valence electrons. The number of hydrogen-bond donors (Lipinski definition) is 2. The molecule has 4 nitrogen and oxygen atoms in total. The Labute approximate surface area is 108 Å². The van der Waals surface area contributed by atoms with E-state index < -0.39 is 14.5 Å². The lowest BCUT2D eigenvalue weighted by Gasteiger charge is -2.17. The van der Waals surface area contributed by atoms with E-state index in [0.717, 1.165) is 0 Å². The fourth-order valence-corrected chi connectivity index (χ4v) is 3.11. The molecule has 5 heteroatoms. The molecule has 0 radical (unpaired) electrons. The van der Waals surface area contributed by atoms with Crippen LogP contribution in [0.2, 0.25) is 6.04 Å². The van der Waals surface area contributed by atoms with Gasteiger partial charge < -0.3 is 14.3 Å². The maximum Gasteiger partial charge on any atom is 0.367 e. The van der Waals surface area contributed by atoms with Crippen LogP contribution in [0.1, 0.15) is 13.3 Å². The zero-order valence-electron chi connectivity index (χ0n) is 10.4. The lowest BCUT2D eigenvalue weighted by Crippen LogP contribution is -2.48. The molecule has 0 unspecified atom stereocenters. The van der Waals surface area contributed by atoms with Crippen LogP contribution in [0.15, 0.2) is 42.5 Å². The molecular formula is C13H18O4Si. The molecule has 0 aliphatic carbocycles. The standard InChI is InChI=1S/C13H18O4Si/c1-11(2)13(14)17-9-6-10-18(15,16)12-7-4-3-5-8-12/h3-5,7-8,15-16H,1,6,9-10H2,2H3. The van der Waals surface area contributed by atoms with E-state index in [1.54, 1.807) is 31.2 Å². The van der Waals surface area contributed by atoms with Crippen molar-refractivity contribution in [2.45, 2.75) is 19.4 Å². The third-order valence-electron chi connectivity index (χ3n) is 2.49. The summed E-state index contributed by atoms with van der Waals surface area (Å²) in [6, 6.07) is 9.00. The van der Waals surface area contributed by atoms with Crippen LogP contribution in [0.4, 0.5) is 0 Å². The maximum absolute atomic E-state index is 11.1. The van der Waals surface area contributed by atoms with Gasteiger partial charge in [-0.05, 0) is 24.6 Å². The average molecular weight is 266 g/mol. The van der Waals surface area contributed by atoms with Crippen LogP contribution >= 0.6 is 0 Å². The number of benzene rings is 1. The van der Waals surface area contributed by atoms with Crippen molar-refractivity contribution in [2.24, 2.45) is 0 Å². The second kappa shape index (κ2) is 6.49. The molecule has 1 aromatic rings. The van der Waals surface area contributed by atoms with E-state index >= 15 is 0 Å². The normalized spacial score (nSPS) is 11.1. The van der Waals surface area contributed by atoms with Crippen LogP contribution in [0.25, 0.3) is 0 Å². The van der Waals surface area contributed by atoms with Gasteiger partial charge in [-0.25, -0.2) is 4.79 Å². The summed E-state index contributed by atoms with van der Waals surface area (Å²) in [4.78, 5) is 31.1. The molecule has 1 rings (SSSR count). The highest BCUT2D eigenvalue weighted by Crippen LogP contribution is 2.07. The molecule has 0 heterocycles. The van der Waals surface area contributed by atoms with Gasteiger partial charge in [0.1, 0.15) is 0 Å². The molecule has 0 fully saturated rings. The third kappa shape index (κ3) is 4.44. The Morgan fingerprint density at radius 1 is 1.33 bits per heavy atom. The van der Waals surface area contributed by atoms with Gasteiger partial charge in [0.05, 0.1) is 6.61 Å². The van der Waals surface area contributed by atoms with Crippen molar-refractivity contribution in [2.75, 3.05) is 6.61 Å². The number of esters is 1. The molecule has 0 aromatic heterocycles. The highest BCUT2D eigenvalue weighted by molar-refractivity contribution is 6.78. The first-order valence-electron chi connectivity index (χ1n) is 5.76. The fourth-order valence-electron chi connectivity index (χ4n) is 1.46. The molecule has 0 saturated heterocycles. The van der Waals surface area contributed by atoms with Gasteiger partial charge in [-0.15, -0.1) is 0 Å². The summed E-state index contributed by atoms with van der Waals surface area (Å²) in [5.74, 6) is -0.446. The summed E-state index contributed by atoms with van der Waals surface area (Å²) in [5, 5.41) is 0.566. The van der Waals surface area contributed by atoms with E-state index in [4.69, 9.17) is 4.74 Å². The minimum atomic E-state index is -3.39. The summed E-state index contributed by atoms with van der Waals surface area (Å²) in [5.41, 5.74) is 0.342. The number of rotatable bonds is 6. The van der Waals surface area contributed by atoms with Crippen LogP contribution in [0, 0.1) is 0 Å². The Kier molecular flexibility index (Phi) is 5.27. The SMILES string of the molecule is C=C(C)C(=O)OCCC[Si](O)(O)c1ccccc1. The lowest BCUT2D eigenvalue weighted by molar-refractivity contribution is -0.138. The summed E-state index contributed by atoms with van der Waals surface area (Å²) in [6.45, 7) is 5.21. The molecule has 0 spiro atoms. The first kappa shape index (κ1) is 14.6. The van der Waals surface area contributed by atoms with E-state index in [1.165, 1.54) is 0 Å². The van der Waals surface area contributed by atoms with Gasteiger partial charge >= 0.3 is 14.5 Å². The molecular weight excluding hydrogens is 248 g/mol.